The number of hydrogen-bond acceptors (Lipinski definition) is 5. The Morgan fingerprint density at radius 1 is 1.00 bits per heavy atom. The van der Waals surface area contributed by atoms with E-state index in [1.807, 2.05) is 0 Å². The number of fused-ring (bicyclic) bond motifs is 3. The quantitative estimate of drug-likeness (QED) is 0.378. The molecule has 10 heteroatoms. The Labute approximate surface area is 217 Å². The topological polar surface area (TPSA) is 103 Å². The summed E-state index contributed by atoms with van der Waals surface area (Å²) in [7, 11) is 0. The van der Waals surface area contributed by atoms with Crippen molar-refractivity contribution in [1.29, 1.82) is 0 Å². The summed E-state index contributed by atoms with van der Waals surface area (Å²) in [5.74, 6) is -1.65. The van der Waals surface area contributed by atoms with Gasteiger partial charge in [0.1, 0.15) is 5.75 Å². The molecule has 0 spiro atoms. The first-order valence-electron chi connectivity index (χ1n) is 11.2. The second-order valence-corrected chi connectivity index (χ2v) is 10.1. The average Bonchev–Trinajstić information content (AvgIpc) is 3.13. The van der Waals surface area contributed by atoms with Gasteiger partial charge in [0, 0.05) is 40.1 Å². The van der Waals surface area contributed by atoms with Gasteiger partial charge in [0.2, 0.25) is 0 Å². The lowest BCUT2D eigenvalue weighted by molar-refractivity contribution is -0.115. The van der Waals surface area contributed by atoms with E-state index in [9.17, 15) is 24.3 Å². The molecule has 2 heterocycles. The van der Waals surface area contributed by atoms with Crippen LogP contribution in [0.4, 0.5) is 0 Å². The highest BCUT2D eigenvalue weighted by molar-refractivity contribution is 9.12. The van der Waals surface area contributed by atoms with Crippen LogP contribution in [-0.4, -0.2) is 30.6 Å². The lowest BCUT2D eigenvalue weighted by atomic mass is 9.68. The Kier molecular flexibility index (Phi) is 5.17. The molecule has 0 bridgehead atoms. The zero-order chi connectivity index (χ0) is 25.3. The van der Waals surface area contributed by atoms with E-state index in [1.165, 1.54) is 27.6 Å². The van der Waals surface area contributed by atoms with Crippen molar-refractivity contribution in [3.63, 3.8) is 0 Å². The molecule has 1 aliphatic heterocycles. The standard InChI is InChI=1S/C26H17BrClN3O5/c27-18-12-21(33)23-17(24(18)34)11-19-15(22(23)16-10-13(28)6-7-20(16)32)8-9-29-25(35)30(26(36)31(19)29)14-4-2-1-3-5-14/h1-8,10,12,19,22,32H,9,11H2. The number of rotatable bonds is 2. The summed E-state index contributed by atoms with van der Waals surface area (Å²) >= 11 is 9.43. The lowest BCUT2D eigenvalue weighted by Gasteiger charge is -2.39. The Morgan fingerprint density at radius 3 is 2.50 bits per heavy atom. The van der Waals surface area contributed by atoms with Gasteiger partial charge in [-0.1, -0.05) is 35.9 Å². The molecule has 36 heavy (non-hydrogen) atoms. The van der Waals surface area contributed by atoms with Gasteiger partial charge in [0.25, 0.3) is 0 Å². The van der Waals surface area contributed by atoms with Crippen molar-refractivity contribution in [2.45, 2.75) is 24.9 Å². The van der Waals surface area contributed by atoms with Crippen LogP contribution in [0, 0.1) is 0 Å². The van der Waals surface area contributed by atoms with Gasteiger partial charge in [0.15, 0.2) is 11.6 Å². The Hall–Kier alpha value is -3.69. The molecule has 0 amide bonds. The van der Waals surface area contributed by atoms with Crippen molar-refractivity contribution in [2.75, 3.05) is 0 Å². The van der Waals surface area contributed by atoms with Crippen molar-refractivity contribution >= 4 is 39.1 Å². The summed E-state index contributed by atoms with van der Waals surface area (Å²) in [6.45, 7) is 0.0852. The highest BCUT2D eigenvalue weighted by Gasteiger charge is 2.45. The third-order valence-electron chi connectivity index (χ3n) is 6.91. The molecule has 2 unspecified atom stereocenters. The molecule has 180 valence electrons. The molecular weight excluding hydrogens is 550 g/mol. The fourth-order valence-corrected chi connectivity index (χ4v) is 6.02. The van der Waals surface area contributed by atoms with Crippen LogP contribution in [0.5, 0.6) is 5.75 Å². The fraction of sp³-hybridized carbons (Fsp3) is 0.154. The van der Waals surface area contributed by atoms with Gasteiger partial charge in [-0.05, 0) is 51.8 Å². The average molecular weight is 567 g/mol. The molecular formula is C26H17BrClN3O5. The number of carbonyl (C=O) groups excluding carboxylic acids is 2. The number of para-hydroxylation sites is 1. The van der Waals surface area contributed by atoms with E-state index in [0.29, 0.717) is 21.8 Å². The maximum atomic E-state index is 13.6. The van der Waals surface area contributed by atoms with Crippen molar-refractivity contribution in [3.05, 3.63) is 113 Å². The summed E-state index contributed by atoms with van der Waals surface area (Å²) in [4.78, 5) is 53.3. The molecule has 3 aromatic rings. The molecule has 3 aliphatic rings. The molecule has 8 nitrogen and oxygen atoms in total. The van der Waals surface area contributed by atoms with Gasteiger partial charge in [-0.3, -0.25) is 9.59 Å². The van der Waals surface area contributed by atoms with E-state index >= 15 is 0 Å². The predicted molar refractivity (Wildman–Crippen MR) is 136 cm³/mol. The third-order valence-corrected chi connectivity index (χ3v) is 7.74. The highest BCUT2D eigenvalue weighted by atomic mass is 79.9. The number of halogens is 2. The van der Waals surface area contributed by atoms with Crippen LogP contribution in [0.3, 0.4) is 0 Å². The number of nitrogens with zero attached hydrogens (tertiary/aromatic N) is 3. The van der Waals surface area contributed by atoms with Gasteiger partial charge >= 0.3 is 11.4 Å². The van der Waals surface area contributed by atoms with Crippen molar-refractivity contribution in [3.8, 4) is 11.4 Å². The minimum Gasteiger partial charge on any atom is -0.508 e. The molecule has 1 aromatic heterocycles. The number of phenolic OH excluding ortho intramolecular Hbond substituents is 1. The van der Waals surface area contributed by atoms with Crippen LogP contribution >= 0.6 is 27.5 Å². The number of aromatic nitrogens is 3. The second-order valence-electron chi connectivity index (χ2n) is 8.80. The van der Waals surface area contributed by atoms with Gasteiger partial charge in [-0.25, -0.2) is 23.5 Å². The maximum absolute atomic E-state index is 13.6. The first-order chi connectivity index (χ1) is 17.3. The van der Waals surface area contributed by atoms with Crippen molar-refractivity contribution < 1.29 is 14.7 Å². The molecule has 1 N–H and O–H groups in total. The minimum atomic E-state index is -0.818. The molecule has 0 fully saturated rings. The minimum absolute atomic E-state index is 0.0463. The van der Waals surface area contributed by atoms with E-state index < -0.39 is 23.3 Å². The molecule has 0 saturated carbocycles. The maximum Gasteiger partial charge on any atom is 0.352 e. The first kappa shape index (κ1) is 22.8. The van der Waals surface area contributed by atoms with Crippen LogP contribution in [0.2, 0.25) is 5.02 Å². The number of allylic oxidation sites excluding steroid dienone is 6. The first-order valence-corrected chi connectivity index (χ1v) is 12.3. The largest absolute Gasteiger partial charge is 0.508 e. The predicted octanol–water partition coefficient (Wildman–Crippen LogP) is 3.56. The number of carbonyl (C=O) groups is 2. The van der Waals surface area contributed by atoms with E-state index in [0.717, 1.165) is 4.57 Å². The molecule has 6 rings (SSSR count). The van der Waals surface area contributed by atoms with Crippen LogP contribution in [0.25, 0.3) is 5.69 Å². The van der Waals surface area contributed by atoms with Gasteiger partial charge < -0.3 is 5.11 Å². The van der Waals surface area contributed by atoms with E-state index in [4.69, 9.17) is 11.6 Å². The summed E-state index contributed by atoms with van der Waals surface area (Å²) in [6.07, 6.45) is 3.07. The third kappa shape index (κ3) is 3.19. The molecule has 0 saturated heterocycles. The normalized spacial score (nSPS) is 20.9. The summed E-state index contributed by atoms with van der Waals surface area (Å²) < 4.78 is 3.91. The smallest absolute Gasteiger partial charge is 0.352 e. The van der Waals surface area contributed by atoms with Gasteiger partial charge in [0.05, 0.1) is 22.8 Å². The zero-order valence-electron chi connectivity index (χ0n) is 18.5. The Morgan fingerprint density at radius 2 is 1.75 bits per heavy atom. The van der Waals surface area contributed by atoms with Crippen molar-refractivity contribution in [1.82, 2.24) is 13.9 Å². The summed E-state index contributed by atoms with van der Waals surface area (Å²) in [5.41, 5.74) is 0.851. The lowest BCUT2D eigenvalue weighted by Crippen LogP contribution is -2.40. The number of hydrogen-bond donors (Lipinski definition) is 1. The highest BCUT2D eigenvalue weighted by Crippen LogP contribution is 2.51. The number of ketones is 2. The zero-order valence-corrected chi connectivity index (χ0v) is 20.9. The molecule has 0 radical (unpaired) electrons. The molecule has 2 atom stereocenters. The monoisotopic (exact) mass is 565 g/mol. The number of phenols is 1. The fourth-order valence-electron chi connectivity index (χ4n) is 5.39. The van der Waals surface area contributed by atoms with Crippen LogP contribution in [-0.2, 0) is 16.1 Å². The van der Waals surface area contributed by atoms with Crippen LogP contribution < -0.4 is 11.4 Å². The number of Topliss-reactive ketones (excluding diaryl/α,β-unsaturated/α-hetero) is 1. The molecule has 2 aliphatic carbocycles. The summed E-state index contributed by atoms with van der Waals surface area (Å²) in [6, 6.07) is 12.4. The van der Waals surface area contributed by atoms with Crippen LogP contribution in [0.1, 0.15) is 23.9 Å². The van der Waals surface area contributed by atoms with E-state index in [-0.39, 0.29) is 45.9 Å². The summed E-state index contributed by atoms with van der Waals surface area (Å²) in [5, 5.41) is 11.1. The van der Waals surface area contributed by atoms with E-state index in [2.05, 4.69) is 15.9 Å². The number of aromatic hydroxyl groups is 1. The van der Waals surface area contributed by atoms with Crippen LogP contribution in [0.15, 0.2) is 91.5 Å². The van der Waals surface area contributed by atoms with Crippen molar-refractivity contribution in [2.24, 2.45) is 0 Å². The second kappa shape index (κ2) is 8.18. The number of benzene rings is 2. The van der Waals surface area contributed by atoms with Gasteiger partial charge in [-0.15, -0.1) is 0 Å². The van der Waals surface area contributed by atoms with E-state index in [1.54, 1.807) is 42.5 Å². The van der Waals surface area contributed by atoms with Gasteiger partial charge in [-0.2, -0.15) is 0 Å². The molecule has 2 aromatic carbocycles. The Balaban J connectivity index is 1.61. The Bertz CT molecular complexity index is 1710. The SMILES string of the molecule is O=C1C=C(Br)C(=O)C2=C1C(c1cc(Cl)ccc1O)C1=CCn3c(=O)n(-c4ccccc4)c(=O)n3C1C2.